The summed E-state index contributed by atoms with van der Waals surface area (Å²) in [7, 11) is -4.79. The fourth-order valence-corrected chi connectivity index (χ4v) is 6.56. The molecule has 0 radical (unpaired) electrons. The molecule has 13 nitrogen and oxygen atoms in total. The smallest absolute Gasteiger partial charge is 0.435 e. The quantitative estimate of drug-likeness (QED) is 0.0302. The second kappa shape index (κ2) is 23.8. The molecule has 0 aromatic carbocycles. The van der Waals surface area contributed by atoms with Crippen LogP contribution in [0.15, 0.2) is 20.9 Å². The molecule has 2 N–H and O–H groups in total. The van der Waals surface area contributed by atoms with E-state index in [2.05, 4.69) is 21.9 Å². The first-order valence-electron chi connectivity index (χ1n) is 17.9. The van der Waals surface area contributed by atoms with Crippen LogP contribution in [0.25, 0.3) is 10.4 Å². The van der Waals surface area contributed by atoms with Gasteiger partial charge in [0.2, 0.25) is 0 Å². The summed E-state index contributed by atoms with van der Waals surface area (Å²) in [4.78, 5) is 51.2. The number of carbonyl (C=O) groups is 1. The van der Waals surface area contributed by atoms with Gasteiger partial charge in [0.15, 0.2) is 0 Å². The van der Waals surface area contributed by atoms with Crippen molar-refractivity contribution in [1.82, 2.24) is 9.55 Å². The highest BCUT2D eigenvalue weighted by atomic mass is 31.2. The highest BCUT2D eigenvalue weighted by Gasteiger charge is 2.40. The van der Waals surface area contributed by atoms with Crippen molar-refractivity contribution in [1.29, 1.82) is 0 Å². The van der Waals surface area contributed by atoms with Crippen LogP contribution in [-0.2, 0) is 18.6 Å². The zero-order valence-electron chi connectivity index (χ0n) is 28.6. The topological polar surface area (TPSA) is 186 Å². The third kappa shape index (κ3) is 16.5. The van der Waals surface area contributed by atoms with E-state index < -0.39 is 49.5 Å². The number of H-pyrrole nitrogens is 1. The van der Waals surface area contributed by atoms with E-state index in [9.17, 15) is 23.8 Å². The van der Waals surface area contributed by atoms with Crippen LogP contribution in [0.3, 0.4) is 0 Å². The van der Waals surface area contributed by atoms with Gasteiger partial charge in [-0.3, -0.25) is 18.9 Å². The van der Waals surface area contributed by atoms with E-state index in [-0.39, 0.29) is 18.6 Å². The molecule has 0 bridgehead atoms. The number of aryl methyl sites for hydroxylation is 1. The lowest BCUT2D eigenvalue weighted by atomic mass is 10.0. The summed E-state index contributed by atoms with van der Waals surface area (Å²) in [5.41, 5.74) is 6.59. The van der Waals surface area contributed by atoms with Gasteiger partial charge in [-0.15, -0.1) is 0 Å². The highest BCUT2D eigenvalue weighted by Crippen LogP contribution is 2.45. The third-order valence-electron chi connectivity index (χ3n) is 8.73. The molecule has 47 heavy (non-hydrogen) atoms. The Hall–Kier alpha value is -2.43. The lowest BCUT2D eigenvalue weighted by Gasteiger charge is -2.18. The minimum atomic E-state index is -4.79. The average Bonchev–Trinajstić information content (AvgIpc) is 3.44. The van der Waals surface area contributed by atoms with Gasteiger partial charge in [0.25, 0.3) is 5.56 Å². The molecule has 1 saturated heterocycles. The molecule has 2 rings (SSSR count). The first kappa shape index (κ1) is 40.7. The molecule has 1 aromatic rings. The van der Waals surface area contributed by atoms with Crippen molar-refractivity contribution in [3.05, 3.63) is 43.0 Å². The molecule has 2 unspecified atom stereocenters. The van der Waals surface area contributed by atoms with Crippen molar-refractivity contribution in [3.63, 3.8) is 0 Å². The van der Waals surface area contributed by atoms with Gasteiger partial charge in [0.1, 0.15) is 6.23 Å². The number of nitrogens with zero attached hydrogens (tertiary/aromatic N) is 4. The van der Waals surface area contributed by atoms with Crippen LogP contribution < -0.4 is 11.2 Å². The Balaban J connectivity index is 1.49. The van der Waals surface area contributed by atoms with Crippen LogP contribution in [0.2, 0.25) is 0 Å². The maximum Gasteiger partial charge on any atom is 0.435 e. The van der Waals surface area contributed by atoms with Crippen molar-refractivity contribution in [2.45, 2.75) is 167 Å². The summed E-state index contributed by atoms with van der Waals surface area (Å²) in [5, 5.41) is 3.63. The summed E-state index contributed by atoms with van der Waals surface area (Å²) < 4.78 is 29.3. The number of nitrogens with one attached hydrogen (secondary N) is 1. The molecular weight excluding hydrogens is 625 g/mol. The largest absolute Gasteiger partial charge is 0.457 e. The number of unbranched alkanes of at least 4 members (excludes halogenated alkanes) is 19. The highest BCUT2D eigenvalue weighted by molar-refractivity contribution is 7.70. The van der Waals surface area contributed by atoms with E-state index >= 15 is 0 Å². The molecule has 1 aromatic heterocycles. The summed E-state index contributed by atoms with van der Waals surface area (Å²) in [6.07, 6.45) is 24.6. The summed E-state index contributed by atoms with van der Waals surface area (Å²) >= 11 is 0. The van der Waals surface area contributed by atoms with Crippen molar-refractivity contribution in [2.24, 2.45) is 5.11 Å². The third-order valence-corrected chi connectivity index (χ3v) is 9.82. The second-order valence-corrected chi connectivity index (χ2v) is 14.4. The lowest BCUT2D eigenvalue weighted by molar-refractivity contribution is -0.0239. The SMILES string of the molecule is CCCCCCCCCCCCCCCCCCCCCCOC(=O)P(=O)(O)OC[C@H]1O[C@@H](n2cc(C)c(=O)[nH]c2=O)CC1N=[N+]=[N-]. The van der Waals surface area contributed by atoms with E-state index in [1.807, 2.05) is 0 Å². The molecular formula is C33H58N5O8P. The zero-order chi connectivity index (χ0) is 34.3. The fourth-order valence-electron chi connectivity index (χ4n) is 5.85. The molecule has 2 heterocycles. The zero-order valence-corrected chi connectivity index (χ0v) is 29.5. The molecule has 4 atom stereocenters. The number of aromatic amines is 1. The number of aromatic nitrogens is 2. The molecule has 1 aliphatic heterocycles. The van der Waals surface area contributed by atoms with Gasteiger partial charge in [-0.1, -0.05) is 134 Å². The van der Waals surface area contributed by atoms with Crippen LogP contribution in [0.5, 0.6) is 0 Å². The standard InChI is InChI=1S/C33H58N5O8P/c1-3-4-5-6-7-8-9-10-11-12-13-14-15-16-17-18-19-20-21-22-23-44-33(41)47(42,43)45-26-29-28(36-37-34)24-30(46-29)38-25-27(2)31(39)35-32(38)40/h25,28-30H,3-24,26H2,1-2H3,(H,42,43)(H,35,39,40)/t28?,29-,30-/m1/s1. The van der Waals surface area contributed by atoms with E-state index in [0.29, 0.717) is 6.42 Å². The van der Waals surface area contributed by atoms with Crippen molar-refractivity contribution < 1.29 is 28.3 Å². The van der Waals surface area contributed by atoms with Crippen LogP contribution in [0.4, 0.5) is 4.79 Å². The first-order chi connectivity index (χ1) is 22.7. The normalized spacial score (nSPS) is 18.9. The number of carbonyl (C=O) groups excluding carboxylic acids is 1. The number of hydrogen-bond donors (Lipinski definition) is 2. The molecule has 0 amide bonds. The predicted octanol–water partition coefficient (Wildman–Crippen LogP) is 8.97. The molecule has 0 spiro atoms. The Morgan fingerprint density at radius 1 is 0.957 bits per heavy atom. The summed E-state index contributed by atoms with van der Waals surface area (Å²) in [5.74, 6) is 0. The Kier molecular flexibility index (Phi) is 20.7. The molecule has 0 aliphatic carbocycles. The molecule has 268 valence electrons. The van der Waals surface area contributed by atoms with Crippen molar-refractivity contribution in [2.75, 3.05) is 13.2 Å². The Morgan fingerprint density at radius 3 is 1.94 bits per heavy atom. The van der Waals surface area contributed by atoms with E-state index in [4.69, 9.17) is 19.5 Å². The lowest BCUT2D eigenvalue weighted by Crippen LogP contribution is -2.33. The minimum Gasteiger partial charge on any atom is -0.457 e. The molecule has 14 heteroatoms. The molecule has 1 fully saturated rings. The average molecular weight is 684 g/mol. The van der Waals surface area contributed by atoms with Crippen LogP contribution >= 0.6 is 7.60 Å². The number of rotatable bonds is 27. The van der Waals surface area contributed by atoms with Gasteiger partial charge in [0, 0.05) is 23.1 Å². The summed E-state index contributed by atoms with van der Waals surface area (Å²) in [6, 6.07) is -0.838. The predicted molar refractivity (Wildman–Crippen MR) is 183 cm³/mol. The number of hydrogen-bond acceptors (Lipinski definition) is 8. The minimum absolute atomic E-state index is 0.0174. The van der Waals surface area contributed by atoms with Gasteiger partial charge in [-0.2, -0.15) is 0 Å². The van der Waals surface area contributed by atoms with Gasteiger partial charge < -0.3 is 14.4 Å². The maximum absolute atomic E-state index is 12.5. The Labute approximate surface area is 279 Å². The van der Waals surface area contributed by atoms with Gasteiger partial charge >= 0.3 is 19.0 Å². The number of ether oxygens (including phenoxy) is 2. The summed E-state index contributed by atoms with van der Waals surface area (Å²) in [6.45, 7) is 3.26. The second-order valence-electron chi connectivity index (χ2n) is 12.8. The first-order valence-corrected chi connectivity index (χ1v) is 19.4. The van der Waals surface area contributed by atoms with Crippen LogP contribution in [-0.4, -0.2) is 45.5 Å². The van der Waals surface area contributed by atoms with Crippen molar-refractivity contribution in [3.8, 4) is 0 Å². The van der Waals surface area contributed by atoms with Crippen LogP contribution in [0.1, 0.15) is 154 Å². The molecule has 0 saturated carbocycles. The van der Waals surface area contributed by atoms with Gasteiger partial charge in [0.05, 0.1) is 25.4 Å². The maximum atomic E-state index is 12.5. The fraction of sp³-hybridized carbons (Fsp3) is 0.848. The Morgan fingerprint density at radius 2 is 1.45 bits per heavy atom. The monoisotopic (exact) mass is 683 g/mol. The van der Waals surface area contributed by atoms with E-state index in [0.717, 1.165) is 23.8 Å². The van der Waals surface area contributed by atoms with Gasteiger partial charge in [-0.05, 0) is 18.9 Å². The number of azide groups is 1. The van der Waals surface area contributed by atoms with Crippen molar-refractivity contribution >= 4 is 13.3 Å². The van der Waals surface area contributed by atoms with Gasteiger partial charge in [-0.25, -0.2) is 14.2 Å². The Bertz CT molecular complexity index is 1250. The van der Waals surface area contributed by atoms with Crippen LogP contribution in [0, 0.1) is 6.92 Å². The van der Waals surface area contributed by atoms with E-state index in [1.54, 1.807) is 0 Å². The molecule has 1 aliphatic rings. The van der Waals surface area contributed by atoms with E-state index in [1.165, 1.54) is 116 Å².